The van der Waals surface area contributed by atoms with Gasteiger partial charge in [0.05, 0.1) is 18.4 Å². The van der Waals surface area contributed by atoms with Gasteiger partial charge in [0.25, 0.3) is 0 Å². The highest BCUT2D eigenvalue weighted by molar-refractivity contribution is 7.75. The van der Waals surface area contributed by atoms with Gasteiger partial charge in [-0.3, -0.25) is 9.59 Å². The Morgan fingerprint density at radius 3 is 2.35 bits per heavy atom. The van der Waals surface area contributed by atoms with Crippen LogP contribution in [0.15, 0.2) is 0 Å². The minimum absolute atomic E-state index is 0.0100. The quantitative estimate of drug-likeness (QED) is 0.232. The monoisotopic (exact) mass is 307 g/mol. The molecule has 0 unspecified atom stereocenters. The molecule has 0 saturated heterocycles. The Balaban J connectivity index is 3.69. The number of carbonyl (C=O) groups is 3. The largest absolute Gasteiger partial charge is 0.465 e. The van der Waals surface area contributed by atoms with Crippen LogP contribution in [0.4, 0.5) is 4.79 Å². The first kappa shape index (κ1) is 18.6. The van der Waals surface area contributed by atoms with Crippen molar-refractivity contribution in [3.05, 3.63) is 0 Å². The molecular weight excluding hydrogens is 286 g/mol. The van der Waals surface area contributed by atoms with Crippen LogP contribution < -0.4 is 5.32 Å². The second-order valence-corrected chi connectivity index (χ2v) is 4.83. The van der Waals surface area contributed by atoms with Gasteiger partial charge in [-0.15, -0.1) is 0 Å². The van der Waals surface area contributed by atoms with E-state index in [0.29, 0.717) is 6.42 Å². The van der Waals surface area contributed by atoms with Gasteiger partial charge in [0.1, 0.15) is 13.2 Å². The number of rotatable bonds is 8. The van der Waals surface area contributed by atoms with Crippen molar-refractivity contribution < 1.29 is 28.0 Å². The van der Waals surface area contributed by atoms with Gasteiger partial charge in [0.15, 0.2) is 0 Å². The van der Waals surface area contributed by atoms with Crippen molar-refractivity contribution >= 4 is 30.9 Å². The van der Waals surface area contributed by atoms with Gasteiger partial charge < -0.3 is 19.0 Å². The maximum atomic E-state index is 11.6. The highest BCUT2D eigenvalue weighted by atomic mass is 32.1. The van der Waals surface area contributed by atoms with Crippen LogP contribution in [-0.4, -0.2) is 37.8 Å². The summed E-state index contributed by atoms with van der Waals surface area (Å²) in [6.07, 6.45) is -0.0914. The molecule has 0 saturated carbocycles. The number of ether oxygens (including phenoxy) is 2. The van der Waals surface area contributed by atoms with E-state index >= 15 is 0 Å². The number of hydrogen-bond donors (Lipinski definition) is 2. The Kier molecular flexibility index (Phi) is 8.78. The van der Waals surface area contributed by atoms with Gasteiger partial charge in [0, 0.05) is 12.9 Å². The number of hydrogen-bond acceptors (Lipinski definition) is 7. The Bertz CT molecular complexity index is 345. The topological polar surface area (TPSA) is 90.9 Å². The van der Waals surface area contributed by atoms with Gasteiger partial charge in [0.2, 0.25) is 0 Å². The van der Waals surface area contributed by atoms with Gasteiger partial charge >= 0.3 is 18.0 Å². The van der Waals surface area contributed by atoms with Crippen LogP contribution in [0.25, 0.3) is 0 Å². The van der Waals surface area contributed by atoms with E-state index in [4.69, 9.17) is 9.47 Å². The van der Waals surface area contributed by atoms with Crippen molar-refractivity contribution in [3.63, 3.8) is 0 Å². The molecular formula is C12H21NO6S. The van der Waals surface area contributed by atoms with Crippen LogP contribution in [-0.2, 0) is 23.2 Å². The highest BCUT2D eigenvalue weighted by Crippen LogP contribution is 2.21. The summed E-state index contributed by atoms with van der Waals surface area (Å²) >= 11 is 3.29. The van der Waals surface area contributed by atoms with E-state index in [1.165, 1.54) is 0 Å². The lowest BCUT2D eigenvalue weighted by Gasteiger charge is -2.20. The Hall–Kier alpha value is -1.44. The third-order valence-corrected chi connectivity index (χ3v) is 2.86. The second-order valence-electron chi connectivity index (χ2n) is 4.65. The summed E-state index contributed by atoms with van der Waals surface area (Å²) in [5.41, 5.74) is -0.555. The van der Waals surface area contributed by atoms with Crippen LogP contribution in [0, 0.1) is 5.41 Å². The standard InChI is InChI=1S/C12H21NO6S/c1-4-12(2,3)10(15)18-7-5-9(14)17-8-6-13-11(16)19-20/h20H,4-8H2,1-3H3,(H,13,16). The van der Waals surface area contributed by atoms with Crippen molar-refractivity contribution in [1.82, 2.24) is 5.32 Å². The van der Waals surface area contributed by atoms with E-state index in [1.807, 2.05) is 6.92 Å². The molecule has 0 radical (unpaired) electrons. The molecule has 0 aromatic heterocycles. The van der Waals surface area contributed by atoms with Gasteiger partial charge in [-0.1, -0.05) is 6.92 Å². The lowest BCUT2D eigenvalue weighted by atomic mass is 9.91. The van der Waals surface area contributed by atoms with Gasteiger partial charge in [-0.2, -0.15) is 0 Å². The van der Waals surface area contributed by atoms with Crippen molar-refractivity contribution in [2.24, 2.45) is 5.41 Å². The number of thiol groups is 1. The maximum absolute atomic E-state index is 11.6. The van der Waals surface area contributed by atoms with E-state index in [9.17, 15) is 14.4 Å². The minimum Gasteiger partial charge on any atom is -0.465 e. The summed E-state index contributed by atoms with van der Waals surface area (Å²) in [5.74, 6) is -0.848. The Morgan fingerprint density at radius 1 is 1.15 bits per heavy atom. The molecule has 20 heavy (non-hydrogen) atoms. The predicted octanol–water partition coefficient (Wildman–Crippen LogP) is 1.47. The SMILES string of the molecule is CCC(C)(C)C(=O)OCCC(=O)OCCNC(=O)OS. The molecule has 0 spiro atoms. The smallest absolute Gasteiger partial charge is 0.419 e. The lowest BCUT2D eigenvalue weighted by molar-refractivity contribution is -0.156. The molecule has 8 heteroatoms. The third-order valence-electron chi connectivity index (χ3n) is 2.69. The summed E-state index contributed by atoms with van der Waals surface area (Å²) in [4.78, 5) is 33.5. The fourth-order valence-electron chi connectivity index (χ4n) is 0.989. The molecule has 0 aromatic rings. The van der Waals surface area contributed by atoms with E-state index in [-0.39, 0.29) is 32.1 Å². The van der Waals surface area contributed by atoms with Gasteiger partial charge in [-0.25, -0.2) is 4.79 Å². The van der Waals surface area contributed by atoms with Crippen molar-refractivity contribution in [3.8, 4) is 0 Å². The van der Waals surface area contributed by atoms with Crippen LogP contribution in [0.5, 0.6) is 0 Å². The molecule has 0 aromatic carbocycles. The summed E-state index contributed by atoms with van der Waals surface area (Å²) in [7, 11) is 0. The Morgan fingerprint density at radius 2 is 1.80 bits per heavy atom. The molecule has 0 bridgehead atoms. The zero-order valence-electron chi connectivity index (χ0n) is 11.9. The fourth-order valence-corrected chi connectivity index (χ4v) is 1.05. The molecule has 0 aliphatic rings. The van der Waals surface area contributed by atoms with Crippen LogP contribution >= 0.6 is 12.9 Å². The van der Waals surface area contributed by atoms with Crippen molar-refractivity contribution in [2.45, 2.75) is 33.6 Å². The number of carbonyl (C=O) groups excluding carboxylic acids is 3. The molecule has 0 aliphatic heterocycles. The van der Waals surface area contributed by atoms with E-state index in [1.54, 1.807) is 13.8 Å². The summed E-state index contributed by atoms with van der Waals surface area (Å²) < 4.78 is 13.8. The predicted molar refractivity (Wildman–Crippen MR) is 74.1 cm³/mol. The molecule has 0 fully saturated rings. The number of esters is 2. The Labute approximate surface area is 123 Å². The normalized spacial score (nSPS) is 10.6. The average molecular weight is 307 g/mol. The summed E-state index contributed by atoms with van der Waals surface area (Å²) in [6.45, 7) is 5.55. The van der Waals surface area contributed by atoms with E-state index in [2.05, 4.69) is 22.4 Å². The first-order valence-corrected chi connectivity index (χ1v) is 6.62. The summed E-state index contributed by atoms with van der Waals surface area (Å²) in [5, 5.41) is 2.29. The zero-order valence-corrected chi connectivity index (χ0v) is 12.8. The third kappa shape index (κ3) is 7.88. The number of amides is 1. The molecule has 0 rings (SSSR count). The van der Waals surface area contributed by atoms with Crippen LogP contribution in [0.3, 0.4) is 0 Å². The molecule has 1 N–H and O–H groups in total. The number of nitrogens with one attached hydrogen (secondary N) is 1. The van der Waals surface area contributed by atoms with E-state index in [0.717, 1.165) is 0 Å². The molecule has 0 heterocycles. The first-order valence-electron chi connectivity index (χ1n) is 6.25. The summed E-state index contributed by atoms with van der Waals surface area (Å²) in [6, 6.07) is 0. The van der Waals surface area contributed by atoms with Crippen LogP contribution in [0.1, 0.15) is 33.6 Å². The van der Waals surface area contributed by atoms with Crippen molar-refractivity contribution in [2.75, 3.05) is 19.8 Å². The molecule has 0 atom stereocenters. The lowest BCUT2D eigenvalue weighted by Crippen LogP contribution is -2.28. The zero-order chi connectivity index (χ0) is 15.6. The minimum atomic E-state index is -0.722. The molecule has 0 aliphatic carbocycles. The molecule has 116 valence electrons. The van der Waals surface area contributed by atoms with Crippen molar-refractivity contribution in [1.29, 1.82) is 0 Å². The van der Waals surface area contributed by atoms with Crippen LogP contribution in [0.2, 0.25) is 0 Å². The average Bonchev–Trinajstić information content (AvgIpc) is 2.42. The first-order chi connectivity index (χ1) is 9.33. The molecule has 7 nitrogen and oxygen atoms in total. The fraction of sp³-hybridized carbons (Fsp3) is 0.750. The maximum Gasteiger partial charge on any atom is 0.419 e. The highest BCUT2D eigenvalue weighted by Gasteiger charge is 2.27. The second kappa shape index (κ2) is 9.46. The van der Waals surface area contributed by atoms with E-state index < -0.39 is 17.5 Å². The molecule has 1 amide bonds. The van der Waals surface area contributed by atoms with Gasteiger partial charge in [-0.05, 0) is 20.3 Å².